The Morgan fingerprint density at radius 1 is 1.30 bits per heavy atom. The molecule has 0 aliphatic rings. The highest BCUT2D eigenvalue weighted by Gasteiger charge is 2.13. The van der Waals surface area contributed by atoms with E-state index in [0.717, 1.165) is 5.56 Å². The van der Waals surface area contributed by atoms with Crippen molar-refractivity contribution in [1.29, 1.82) is 5.26 Å². The lowest BCUT2D eigenvalue weighted by Gasteiger charge is -2.16. The number of phenolic OH excluding ortho intramolecular Hbond substituents is 1. The average molecular weight is 267 g/mol. The summed E-state index contributed by atoms with van der Waals surface area (Å²) in [5, 5.41) is 17.9. The van der Waals surface area contributed by atoms with Gasteiger partial charge in [0.25, 0.3) is 5.91 Å². The van der Waals surface area contributed by atoms with Crippen LogP contribution in [0.5, 0.6) is 5.75 Å². The van der Waals surface area contributed by atoms with E-state index in [4.69, 9.17) is 5.26 Å². The zero-order chi connectivity index (χ0) is 14.5. The summed E-state index contributed by atoms with van der Waals surface area (Å²) in [4.78, 5) is 17.6. The van der Waals surface area contributed by atoms with Crippen LogP contribution in [0.15, 0.2) is 42.6 Å². The average Bonchev–Trinajstić information content (AvgIpc) is 2.49. The smallest absolute Gasteiger partial charge is 0.272 e. The molecular weight excluding hydrogens is 254 g/mol. The minimum absolute atomic E-state index is 0.191. The Bertz CT molecular complexity index is 642. The number of phenols is 1. The molecule has 20 heavy (non-hydrogen) atoms. The summed E-state index contributed by atoms with van der Waals surface area (Å²) in [7, 11) is 1.68. The Kier molecular flexibility index (Phi) is 3.96. The molecule has 5 heteroatoms. The van der Waals surface area contributed by atoms with Crippen molar-refractivity contribution in [1.82, 2.24) is 9.88 Å². The van der Waals surface area contributed by atoms with E-state index in [1.54, 1.807) is 37.4 Å². The van der Waals surface area contributed by atoms with E-state index in [9.17, 15) is 9.90 Å². The van der Waals surface area contributed by atoms with Crippen LogP contribution >= 0.6 is 0 Å². The summed E-state index contributed by atoms with van der Waals surface area (Å²) < 4.78 is 0. The topological polar surface area (TPSA) is 77.2 Å². The molecule has 1 aromatic carbocycles. The standard InChI is InChI=1S/C15H13N3O2/c1-18(10-11-2-5-13(19)6-3-11)15(20)14-7-4-12(8-16)9-17-14/h2-7,9,19H,10H2,1H3. The molecule has 1 amide bonds. The lowest BCUT2D eigenvalue weighted by atomic mass is 10.2. The van der Waals surface area contributed by atoms with Gasteiger partial charge in [-0.15, -0.1) is 0 Å². The van der Waals surface area contributed by atoms with Gasteiger partial charge in [0.1, 0.15) is 17.5 Å². The molecule has 5 nitrogen and oxygen atoms in total. The number of aromatic hydroxyl groups is 1. The first kappa shape index (κ1) is 13.6. The molecular formula is C15H13N3O2. The van der Waals surface area contributed by atoms with Crippen LogP contribution in [0.4, 0.5) is 0 Å². The summed E-state index contributed by atoms with van der Waals surface area (Å²) >= 11 is 0. The molecule has 0 spiro atoms. The van der Waals surface area contributed by atoms with Gasteiger partial charge < -0.3 is 10.0 Å². The molecule has 0 radical (unpaired) electrons. The summed E-state index contributed by atoms with van der Waals surface area (Å²) in [5.74, 6) is -0.0287. The Balaban J connectivity index is 2.08. The van der Waals surface area contributed by atoms with Crippen molar-refractivity contribution in [3.05, 3.63) is 59.4 Å². The predicted octanol–water partition coefficient (Wildman–Crippen LogP) is 1.93. The number of carbonyl (C=O) groups is 1. The third-order valence-corrected chi connectivity index (χ3v) is 2.81. The fourth-order valence-electron chi connectivity index (χ4n) is 1.73. The number of aromatic nitrogens is 1. The molecule has 100 valence electrons. The van der Waals surface area contributed by atoms with Gasteiger partial charge in [0.05, 0.1) is 5.56 Å². The van der Waals surface area contributed by atoms with Crippen molar-refractivity contribution < 1.29 is 9.90 Å². The predicted molar refractivity (Wildman–Crippen MR) is 72.9 cm³/mol. The van der Waals surface area contributed by atoms with Crippen molar-refractivity contribution in [3.8, 4) is 11.8 Å². The minimum atomic E-state index is -0.220. The third kappa shape index (κ3) is 3.12. The number of hydrogen-bond donors (Lipinski definition) is 1. The molecule has 1 heterocycles. The lowest BCUT2D eigenvalue weighted by molar-refractivity contribution is 0.0779. The minimum Gasteiger partial charge on any atom is -0.508 e. The third-order valence-electron chi connectivity index (χ3n) is 2.81. The molecule has 1 N–H and O–H groups in total. The number of nitriles is 1. The van der Waals surface area contributed by atoms with Gasteiger partial charge in [0.15, 0.2) is 0 Å². The normalized spacial score (nSPS) is 9.80. The summed E-state index contributed by atoms with van der Waals surface area (Å²) in [6.07, 6.45) is 1.38. The molecule has 0 atom stereocenters. The van der Waals surface area contributed by atoms with Crippen LogP contribution in [0.25, 0.3) is 0 Å². The largest absolute Gasteiger partial charge is 0.508 e. The number of amides is 1. The monoisotopic (exact) mass is 267 g/mol. The zero-order valence-corrected chi connectivity index (χ0v) is 10.9. The first-order chi connectivity index (χ1) is 9.60. The molecule has 0 aliphatic carbocycles. The molecule has 0 unspecified atom stereocenters. The van der Waals surface area contributed by atoms with E-state index in [1.165, 1.54) is 17.2 Å². The van der Waals surface area contributed by atoms with Crippen molar-refractivity contribution in [2.45, 2.75) is 6.54 Å². The SMILES string of the molecule is CN(Cc1ccc(O)cc1)C(=O)c1ccc(C#N)cn1. The van der Waals surface area contributed by atoms with Crippen LogP contribution < -0.4 is 0 Å². The van der Waals surface area contributed by atoms with Gasteiger partial charge in [0, 0.05) is 19.8 Å². The van der Waals surface area contributed by atoms with Crippen LogP contribution in [0.2, 0.25) is 0 Å². The number of nitrogens with zero attached hydrogens (tertiary/aromatic N) is 3. The fourth-order valence-corrected chi connectivity index (χ4v) is 1.73. The summed E-state index contributed by atoms with van der Waals surface area (Å²) in [6.45, 7) is 0.417. The zero-order valence-electron chi connectivity index (χ0n) is 10.9. The molecule has 0 bridgehead atoms. The molecule has 0 fully saturated rings. The van der Waals surface area contributed by atoms with E-state index in [2.05, 4.69) is 4.98 Å². The molecule has 1 aromatic heterocycles. The molecule has 0 aliphatic heterocycles. The van der Waals surface area contributed by atoms with E-state index in [1.807, 2.05) is 6.07 Å². The summed E-state index contributed by atoms with van der Waals surface area (Å²) in [6, 6.07) is 11.7. The number of rotatable bonds is 3. The highest BCUT2D eigenvalue weighted by atomic mass is 16.3. The molecule has 0 saturated heterocycles. The van der Waals surface area contributed by atoms with Crippen molar-refractivity contribution in [2.75, 3.05) is 7.05 Å². The van der Waals surface area contributed by atoms with Gasteiger partial charge in [-0.25, -0.2) is 4.98 Å². The van der Waals surface area contributed by atoms with Crippen LogP contribution in [0, 0.1) is 11.3 Å². The Labute approximate surface area is 116 Å². The van der Waals surface area contributed by atoms with Crippen molar-refractivity contribution in [2.24, 2.45) is 0 Å². The van der Waals surface area contributed by atoms with Gasteiger partial charge in [0.2, 0.25) is 0 Å². The Morgan fingerprint density at radius 3 is 2.55 bits per heavy atom. The lowest BCUT2D eigenvalue weighted by Crippen LogP contribution is -2.26. The molecule has 0 saturated carbocycles. The van der Waals surface area contributed by atoms with Gasteiger partial charge in [-0.05, 0) is 29.8 Å². The van der Waals surface area contributed by atoms with E-state index in [-0.39, 0.29) is 11.7 Å². The van der Waals surface area contributed by atoms with Crippen molar-refractivity contribution >= 4 is 5.91 Å². The maximum atomic E-state index is 12.1. The van der Waals surface area contributed by atoms with Gasteiger partial charge >= 0.3 is 0 Å². The van der Waals surface area contributed by atoms with Crippen LogP contribution in [0.1, 0.15) is 21.6 Å². The second-order valence-electron chi connectivity index (χ2n) is 4.37. The Morgan fingerprint density at radius 2 is 2.00 bits per heavy atom. The maximum absolute atomic E-state index is 12.1. The number of benzene rings is 1. The molecule has 2 rings (SSSR count). The first-order valence-electron chi connectivity index (χ1n) is 5.99. The first-order valence-corrected chi connectivity index (χ1v) is 5.99. The summed E-state index contributed by atoms with van der Waals surface area (Å²) in [5.41, 5.74) is 1.63. The number of pyridine rings is 1. The van der Waals surface area contributed by atoms with E-state index >= 15 is 0 Å². The number of carbonyl (C=O) groups excluding carboxylic acids is 1. The quantitative estimate of drug-likeness (QED) is 0.921. The van der Waals surface area contributed by atoms with Gasteiger partial charge in [-0.2, -0.15) is 5.26 Å². The highest BCUT2D eigenvalue weighted by Crippen LogP contribution is 2.12. The van der Waals surface area contributed by atoms with Crippen LogP contribution in [-0.4, -0.2) is 27.9 Å². The second kappa shape index (κ2) is 5.85. The highest BCUT2D eigenvalue weighted by molar-refractivity contribution is 5.92. The second-order valence-corrected chi connectivity index (χ2v) is 4.37. The van der Waals surface area contributed by atoms with Crippen LogP contribution in [0.3, 0.4) is 0 Å². The van der Waals surface area contributed by atoms with Gasteiger partial charge in [-0.3, -0.25) is 4.79 Å². The maximum Gasteiger partial charge on any atom is 0.272 e. The number of hydrogen-bond acceptors (Lipinski definition) is 4. The van der Waals surface area contributed by atoms with E-state index < -0.39 is 0 Å². The van der Waals surface area contributed by atoms with E-state index in [0.29, 0.717) is 17.8 Å². The Hall–Kier alpha value is -2.87. The van der Waals surface area contributed by atoms with Crippen LogP contribution in [-0.2, 0) is 6.54 Å². The van der Waals surface area contributed by atoms with Crippen molar-refractivity contribution in [3.63, 3.8) is 0 Å². The fraction of sp³-hybridized carbons (Fsp3) is 0.133. The van der Waals surface area contributed by atoms with Gasteiger partial charge in [-0.1, -0.05) is 12.1 Å². The molecule has 2 aromatic rings.